The monoisotopic (exact) mass is 356 g/mol. The Morgan fingerprint density at radius 3 is 2.92 bits per heavy atom. The van der Waals surface area contributed by atoms with Crippen LogP contribution in [0.4, 0.5) is 0 Å². The van der Waals surface area contributed by atoms with Crippen molar-refractivity contribution in [1.29, 1.82) is 0 Å². The molecule has 25 heavy (non-hydrogen) atoms. The van der Waals surface area contributed by atoms with E-state index in [0.29, 0.717) is 29.4 Å². The molecule has 6 nitrogen and oxygen atoms in total. The second-order valence-corrected chi connectivity index (χ2v) is 6.87. The Labute approximate surface area is 149 Å². The maximum atomic E-state index is 12.3. The predicted molar refractivity (Wildman–Crippen MR) is 93.8 cm³/mol. The predicted octanol–water partition coefficient (Wildman–Crippen LogP) is 3.36. The van der Waals surface area contributed by atoms with Gasteiger partial charge in [0.2, 0.25) is 0 Å². The summed E-state index contributed by atoms with van der Waals surface area (Å²) in [5, 5.41) is 13.8. The van der Waals surface area contributed by atoms with E-state index in [1.807, 2.05) is 24.3 Å². The summed E-state index contributed by atoms with van der Waals surface area (Å²) in [7, 11) is 1.62. The fraction of sp³-hybridized carbons (Fsp3) is 0.333. The van der Waals surface area contributed by atoms with Crippen molar-refractivity contribution < 1.29 is 9.53 Å². The van der Waals surface area contributed by atoms with Crippen molar-refractivity contribution in [3.05, 3.63) is 46.4 Å². The minimum atomic E-state index is 0.0243. The van der Waals surface area contributed by atoms with Crippen LogP contribution in [0, 0.1) is 5.92 Å². The number of Topliss-reactive ketones (excluding diaryl/α,β-unsaturated/α-hetero) is 1. The lowest BCUT2D eigenvalue weighted by Gasteiger charge is -2.19. The number of halogens is 1. The molecule has 0 saturated carbocycles. The highest BCUT2D eigenvalue weighted by molar-refractivity contribution is 6.30. The Hall–Kier alpha value is -2.31. The van der Waals surface area contributed by atoms with Gasteiger partial charge in [0.1, 0.15) is 0 Å². The Morgan fingerprint density at radius 2 is 2.16 bits per heavy atom. The van der Waals surface area contributed by atoms with Crippen molar-refractivity contribution in [2.45, 2.75) is 26.4 Å². The number of benzene rings is 1. The van der Waals surface area contributed by atoms with Crippen LogP contribution in [0.25, 0.3) is 16.8 Å². The first-order valence-electron chi connectivity index (χ1n) is 8.13. The molecule has 4 rings (SSSR count). The second-order valence-electron chi connectivity index (χ2n) is 6.43. The number of rotatable bonds is 3. The van der Waals surface area contributed by atoms with Crippen LogP contribution in [0.15, 0.2) is 24.3 Å². The fourth-order valence-electron chi connectivity index (χ4n) is 3.38. The number of methoxy groups -OCH3 is 1. The summed E-state index contributed by atoms with van der Waals surface area (Å²) in [6.07, 6.45) is 1.25. The molecule has 2 aromatic heterocycles. The molecule has 0 aliphatic heterocycles. The van der Waals surface area contributed by atoms with Gasteiger partial charge >= 0.3 is 0 Å². The van der Waals surface area contributed by atoms with Crippen molar-refractivity contribution in [3.63, 3.8) is 0 Å². The number of aromatic nitrogens is 4. The Bertz CT molecular complexity index is 983. The van der Waals surface area contributed by atoms with Gasteiger partial charge < -0.3 is 4.74 Å². The van der Waals surface area contributed by atoms with E-state index < -0.39 is 0 Å². The number of carbonyl (C=O) groups excluding carboxylic acids is 1. The summed E-state index contributed by atoms with van der Waals surface area (Å²) in [6, 6.07) is 7.53. The van der Waals surface area contributed by atoms with Gasteiger partial charge in [-0.05, 0) is 30.0 Å². The van der Waals surface area contributed by atoms with Crippen molar-refractivity contribution in [2.24, 2.45) is 5.92 Å². The van der Waals surface area contributed by atoms with Crippen molar-refractivity contribution in [1.82, 2.24) is 19.8 Å². The van der Waals surface area contributed by atoms with Crippen LogP contribution in [0.3, 0.4) is 0 Å². The molecule has 0 amide bonds. The highest BCUT2D eigenvalue weighted by Crippen LogP contribution is 2.32. The largest absolute Gasteiger partial charge is 0.378 e. The first-order valence-corrected chi connectivity index (χ1v) is 8.51. The van der Waals surface area contributed by atoms with Crippen LogP contribution in [0.2, 0.25) is 5.02 Å². The summed E-state index contributed by atoms with van der Waals surface area (Å²) in [5.41, 5.74) is 4.35. The van der Waals surface area contributed by atoms with Gasteiger partial charge in [-0.15, -0.1) is 10.2 Å². The second kappa shape index (κ2) is 6.20. The van der Waals surface area contributed by atoms with E-state index in [0.717, 1.165) is 28.9 Å². The maximum absolute atomic E-state index is 12.3. The summed E-state index contributed by atoms with van der Waals surface area (Å²) in [6.45, 7) is 2.40. The Morgan fingerprint density at radius 1 is 1.32 bits per heavy atom. The quantitative estimate of drug-likeness (QED) is 0.719. The molecule has 1 aromatic carbocycles. The van der Waals surface area contributed by atoms with E-state index >= 15 is 0 Å². The molecule has 0 spiro atoms. The minimum absolute atomic E-state index is 0.0243. The van der Waals surface area contributed by atoms with Gasteiger partial charge in [-0.3, -0.25) is 4.79 Å². The SMILES string of the molecule is COCc1nn2c3c(nnc2c1-c1cccc(Cl)c1)C(=O)C[C@@H](C)C3. The molecule has 128 valence electrons. The van der Waals surface area contributed by atoms with E-state index in [1.165, 1.54) is 0 Å². The van der Waals surface area contributed by atoms with E-state index in [-0.39, 0.29) is 11.7 Å². The van der Waals surface area contributed by atoms with E-state index in [2.05, 4.69) is 22.2 Å². The number of hydrogen-bond donors (Lipinski definition) is 0. The Balaban J connectivity index is 2.01. The lowest BCUT2D eigenvalue weighted by Crippen LogP contribution is -2.23. The minimum Gasteiger partial charge on any atom is -0.378 e. The third-order valence-electron chi connectivity index (χ3n) is 4.44. The molecule has 3 aromatic rings. The molecule has 0 unspecified atom stereocenters. The third kappa shape index (κ3) is 2.71. The summed E-state index contributed by atoms with van der Waals surface area (Å²) in [4.78, 5) is 12.3. The summed E-state index contributed by atoms with van der Waals surface area (Å²) in [5.74, 6) is 0.286. The van der Waals surface area contributed by atoms with Crippen LogP contribution >= 0.6 is 11.6 Å². The number of nitrogens with zero attached hydrogens (tertiary/aromatic N) is 4. The molecule has 1 aliphatic carbocycles. The van der Waals surface area contributed by atoms with Crippen LogP contribution in [-0.2, 0) is 17.8 Å². The number of ether oxygens (including phenoxy) is 1. The van der Waals surface area contributed by atoms with Gasteiger partial charge in [-0.1, -0.05) is 30.7 Å². The van der Waals surface area contributed by atoms with Gasteiger partial charge in [0.15, 0.2) is 17.1 Å². The maximum Gasteiger partial charge on any atom is 0.185 e. The van der Waals surface area contributed by atoms with Crippen LogP contribution in [0.5, 0.6) is 0 Å². The van der Waals surface area contributed by atoms with Crippen molar-refractivity contribution in [2.75, 3.05) is 7.11 Å². The van der Waals surface area contributed by atoms with Crippen LogP contribution in [-0.4, -0.2) is 32.7 Å². The zero-order chi connectivity index (χ0) is 17.6. The van der Waals surface area contributed by atoms with E-state index in [9.17, 15) is 4.79 Å². The molecule has 2 heterocycles. The fourth-order valence-corrected chi connectivity index (χ4v) is 3.57. The zero-order valence-corrected chi connectivity index (χ0v) is 14.7. The van der Waals surface area contributed by atoms with Gasteiger partial charge in [0.25, 0.3) is 0 Å². The molecule has 1 atom stereocenters. The summed E-state index contributed by atoms with van der Waals surface area (Å²) >= 11 is 6.16. The molecule has 0 fully saturated rings. The van der Waals surface area contributed by atoms with Gasteiger partial charge in [-0.25, -0.2) is 4.52 Å². The average molecular weight is 357 g/mol. The molecule has 7 heteroatoms. The zero-order valence-electron chi connectivity index (χ0n) is 14.0. The van der Waals surface area contributed by atoms with Gasteiger partial charge in [0, 0.05) is 18.6 Å². The third-order valence-corrected chi connectivity index (χ3v) is 4.68. The van der Waals surface area contributed by atoms with Crippen LogP contribution in [0.1, 0.15) is 35.2 Å². The highest BCUT2D eigenvalue weighted by Gasteiger charge is 2.29. The number of ketones is 1. The number of fused-ring (bicyclic) bond motifs is 3. The molecule has 0 saturated heterocycles. The Kier molecular flexibility index (Phi) is 4.01. The smallest absolute Gasteiger partial charge is 0.185 e. The molecule has 1 aliphatic rings. The van der Waals surface area contributed by atoms with Gasteiger partial charge in [0.05, 0.1) is 23.6 Å². The summed E-state index contributed by atoms with van der Waals surface area (Å²) < 4.78 is 7.06. The van der Waals surface area contributed by atoms with Gasteiger partial charge in [-0.2, -0.15) is 5.10 Å². The van der Waals surface area contributed by atoms with E-state index in [4.69, 9.17) is 16.3 Å². The topological polar surface area (TPSA) is 69.4 Å². The van der Waals surface area contributed by atoms with Crippen molar-refractivity contribution >= 4 is 23.0 Å². The van der Waals surface area contributed by atoms with Crippen LogP contribution < -0.4 is 0 Å². The molecule has 0 radical (unpaired) electrons. The normalized spacial score (nSPS) is 17.1. The van der Waals surface area contributed by atoms with E-state index in [1.54, 1.807) is 11.6 Å². The molecular formula is C18H17ClN4O2. The highest BCUT2D eigenvalue weighted by atomic mass is 35.5. The molecule has 0 bridgehead atoms. The van der Waals surface area contributed by atoms with Crippen molar-refractivity contribution in [3.8, 4) is 11.1 Å². The standard InChI is InChI=1S/C18H17ClN4O2/c1-10-6-14-17(15(24)7-10)20-21-18-16(11-4-3-5-12(19)8-11)13(9-25-2)22-23(14)18/h3-5,8,10H,6-7,9H2,1-2H3/t10-/m0/s1. The number of hydrogen-bond acceptors (Lipinski definition) is 5. The lowest BCUT2D eigenvalue weighted by atomic mass is 9.90. The lowest BCUT2D eigenvalue weighted by molar-refractivity contribution is 0.0944. The number of carbonyl (C=O) groups is 1. The average Bonchev–Trinajstić information content (AvgIpc) is 2.93. The first-order chi connectivity index (χ1) is 12.1. The molecule has 0 N–H and O–H groups in total. The molecular weight excluding hydrogens is 340 g/mol. The first kappa shape index (κ1) is 16.2.